The number of aliphatic imine (C=N–C) groups is 1. The van der Waals surface area contributed by atoms with Crippen molar-refractivity contribution in [1.29, 1.82) is 0 Å². The number of ether oxygens (including phenoxy) is 1. The number of methoxy groups -OCH3 is 1. The molecule has 2 aromatic rings. The normalized spacial score (nSPS) is 17.3. The molecule has 0 fully saturated rings. The van der Waals surface area contributed by atoms with Gasteiger partial charge >= 0.3 is 0 Å². The van der Waals surface area contributed by atoms with Gasteiger partial charge in [-0.05, 0) is 43.5 Å². The molecular formula is C24H30ClN5O2. The molecule has 1 amide bonds. The molecule has 1 aliphatic heterocycles. The maximum atomic E-state index is 12.2. The highest BCUT2D eigenvalue weighted by Gasteiger charge is 2.25. The van der Waals surface area contributed by atoms with Gasteiger partial charge in [0, 0.05) is 32.8 Å². The number of likely N-dealkylation sites (N-methyl/N-ethyl adjacent to an activating group) is 1. The van der Waals surface area contributed by atoms with Crippen LogP contribution in [0.5, 0.6) is 0 Å². The van der Waals surface area contributed by atoms with Crippen LogP contribution in [0.1, 0.15) is 37.0 Å². The van der Waals surface area contributed by atoms with E-state index >= 15 is 0 Å². The van der Waals surface area contributed by atoms with Crippen molar-refractivity contribution in [3.63, 3.8) is 0 Å². The number of hydrogen-bond donors (Lipinski definition) is 2. The topological polar surface area (TPSA) is 78.8 Å². The van der Waals surface area contributed by atoms with Crippen LogP contribution in [0.25, 0.3) is 0 Å². The summed E-state index contributed by atoms with van der Waals surface area (Å²) in [6.07, 6.45) is 5.64. The minimum atomic E-state index is -0.180. The summed E-state index contributed by atoms with van der Waals surface area (Å²) >= 11 is 6.41. The minimum Gasteiger partial charge on any atom is -0.380 e. The lowest BCUT2D eigenvalue weighted by Gasteiger charge is -2.36. The van der Waals surface area contributed by atoms with Gasteiger partial charge in [-0.2, -0.15) is 0 Å². The van der Waals surface area contributed by atoms with E-state index in [4.69, 9.17) is 21.3 Å². The number of benzene rings is 1. The van der Waals surface area contributed by atoms with Crippen molar-refractivity contribution >= 4 is 40.5 Å². The molecule has 32 heavy (non-hydrogen) atoms. The van der Waals surface area contributed by atoms with E-state index in [1.165, 1.54) is 5.57 Å². The van der Waals surface area contributed by atoms with E-state index in [-0.39, 0.29) is 5.91 Å². The maximum Gasteiger partial charge on any atom is 0.253 e. The van der Waals surface area contributed by atoms with Crippen LogP contribution in [0.2, 0.25) is 5.02 Å². The Hall–Kier alpha value is -2.90. The lowest BCUT2D eigenvalue weighted by molar-refractivity contribution is 0.0964. The zero-order valence-corrected chi connectivity index (χ0v) is 19.7. The summed E-state index contributed by atoms with van der Waals surface area (Å²) in [4.78, 5) is 23.8. The van der Waals surface area contributed by atoms with E-state index in [1.54, 1.807) is 32.5 Å². The van der Waals surface area contributed by atoms with Crippen LogP contribution in [0.4, 0.5) is 17.2 Å². The van der Waals surface area contributed by atoms with E-state index in [2.05, 4.69) is 40.4 Å². The van der Waals surface area contributed by atoms with Crippen LogP contribution in [-0.2, 0) is 4.74 Å². The molecule has 8 heteroatoms. The molecule has 0 radical (unpaired) electrons. The lowest BCUT2D eigenvalue weighted by Crippen LogP contribution is -2.42. The molecule has 7 nitrogen and oxygen atoms in total. The first kappa shape index (κ1) is 23.8. The number of anilines is 2. The zero-order chi connectivity index (χ0) is 23.1. The van der Waals surface area contributed by atoms with Gasteiger partial charge < -0.3 is 20.3 Å². The van der Waals surface area contributed by atoms with Gasteiger partial charge in [0.25, 0.3) is 5.91 Å². The lowest BCUT2D eigenvalue weighted by atomic mass is 9.98. The number of carbonyl (C=O) groups excluding carboxylic acids is 1. The van der Waals surface area contributed by atoms with Crippen molar-refractivity contribution < 1.29 is 9.53 Å². The average molecular weight is 456 g/mol. The van der Waals surface area contributed by atoms with E-state index in [0.717, 1.165) is 25.2 Å². The third-order valence-corrected chi connectivity index (χ3v) is 5.75. The number of para-hydroxylation sites is 1. The number of carbonyl (C=O) groups is 1. The number of nitrogens with one attached hydrogen (secondary N) is 2. The van der Waals surface area contributed by atoms with Crippen molar-refractivity contribution in [3.05, 3.63) is 58.8 Å². The predicted octanol–water partition coefficient (Wildman–Crippen LogP) is 4.95. The van der Waals surface area contributed by atoms with Gasteiger partial charge in [-0.3, -0.25) is 4.79 Å². The number of pyridine rings is 1. The minimum absolute atomic E-state index is 0.180. The SMILES string of the molecule is CCC1CC(COC)=CC(=Nc2cc(Nc3ccccc3C(=O)NC)c(Cl)cn2)N1CC. The first-order chi connectivity index (χ1) is 15.5. The van der Waals surface area contributed by atoms with Gasteiger partial charge in [-0.15, -0.1) is 0 Å². The number of amidine groups is 1. The van der Waals surface area contributed by atoms with Gasteiger partial charge in [-0.1, -0.05) is 30.7 Å². The Morgan fingerprint density at radius 2 is 2.09 bits per heavy atom. The first-order valence-corrected chi connectivity index (χ1v) is 11.2. The highest BCUT2D eigenvalue weighted by atomic mass is 35.5. The maximum absolute atomic E-state index is 12.2. The molecule has 0 spiro atoms. The van der Waals surface area contributed by atoms with Crippen LogP contribution in [0, 0.1) is 0 Å². The van der Waals surface area contributed by atoms with Crippen LogP contribution in [-0.4, -0.2) is 55.0 Å². The summed E-state index contributed by atoms with van der Waals surface area (Å²) in [6.45, 7) is 5.76. The molecule has 1 unspecified atom stereocenters. The van der Waals surface area contributed by atoms with Crippen LogP contribution < -0.4 is 10.6 Å². The number of halogens is 1. The van der Waals surface area contributed by atoms with E-state index < -0.39 is 0 Å². The second kappa shape index (κ2) is 11.1. The van der Waals surface area contributed by atoms with Crippen molar-refractivity contribution in [2.75, 3.05) is 32.6 Å². The van der Waals surface area contributed by atoms with E-state index in [0.29, 0.717) is 40.4 Å². The average Bonchev–Trinajstić information content (AvgIpc) is 2.81. The Morgan fingerprint density at radius 1 is 1.31 bits per heavy atom. The molecule has 0 bridgehead atoms. The third kappa shape index (κ3) is 5.47. The Morgan fingerprint density at radius 3 is 2.78 bits per heavy atom. The van der Waals surface area contributed by atoms with Crippen molar-refractivity contribution in [2.24, 2.45) is 4.99 Å². The highest BCUT2D eigenvalue weighted by molar-refractivity contribution is 6.33. The molecule has 2 N–H and O–H groups in total. The van der Waals surface area contributed by atoms with Crippen LogP contribution in [0.3, 0.4) is 0 Å². The van der Waals surface area contributed by atoms with Gasteiger partial charge in [0.15, 0.2) is 5.82 Å². The second-order valence-corrected chi connectivity index (χ2v) is 7.94. The summed E-state index contributed by atoms with van der Waals surface area (Å²) in [5.74, 6) is 1.22. The molecule has 0 saturated heterocycles. The van der Waals surface area contributed by atoms with Crippen LogP contribution >= 0.6 is 11.6 Å². The molecule has 0 aliphatic carbocycles. The Bertz CT molecular complexity index is 1020. The van der Waals surface area contributed by atoms with Crippen LogP contribution in [0.15, 0.2) is 53.2 Å². The number of rotatable bonds is 8. The summed E-state index contributed by atoms with van der Waals surface area (Å²) < 4.78 is 5.36. The fraction of sp³-hybridized carbons (Fsp3) is 0.375. The molecule has 1 aromatic carbocycles. The van der Waals surface area contributed by atoms with E-state index in [9.17, 15) is 4.79 Å². The Balaban J connectivity index is 1.97. The fourth-order valence-electron chi connectivity index (χ4n) is 3.86. The van der Waals surface area contributed by atoms with Crippen molar-refractivity contribution in [2.45, 2.75) is 32.7 Å². The molecule has 1 aliphatic rings. The predicted molar refractivity (Wildman–Crippen MR) is 130 cm³/mol. The quantitative estimate of drug-likeness (QED) is 0.589. The summed E-state index contributed by atoms with van der Waals surface area (Å²) in [5.41, 5.74) is 3.02. The highest BCUT2D eigenvalue weighted by Crippen LogP contribution is 2.30. The van der Waals surface area contributed by atoms with Gasteiger partial charge in [0.05, 0.1) is 34.8 Å². The smallest absolute Gasteiger partial charge is 0.253 e. The second-order valence-electron chi connectivity index (χ2n) is 7.53. The van der Waals surface area contributed by atoms with E-state index in [1.807, 2.05) is 18.2 Å². The third-order valence-electron chi connectivity index (χ3n) is 5.45. The first-order valence-electron chi connectivity index (χ1n) is 10.8. The van der Waals surface area contributed by atoms with Gasteiger partial charge in [0.2, 0.25) is 0 Å². The standard InChI is InChI=1S/C24H30ClN5O2/c1-5-17-11-16(15-32-4)12-23(30(17)6-2)29-22-13-21(19(25)14-27-22)28-20-10-8-7-9-18(20)24(31)26-3/h7-10,12-14,17H,5-6,11,15H2,1-4H3,(H,26,31)(H,27,28). The largest absolute Gasteiger partial charge is 0.380 e. The van der Waals surface area contributed by atoms with Gasteiger partial charge in [-0.25, -0.2) is 9.98 Å². The molecule has 170 valence electrons. The summed E-state index contributed by atoms with van der Waals surface area (Å²) in [6, 6.07) is 9.43. The van der Waals surface area contributed by atoms with Crippen molar-refractivity contribution in [3.8, 4) is 0 Å². The summed E-state index contributed by atoms with van der Waals surface area (Å²) in [7, 11) is 3.31. The zero-order valence-electron chi connectivity index (χ0n) is 19.0. The molecule has 2 heterocycles. The number of nitrogens with zero attached hydrogens (tertiary/aromatic N) is 3. The van der Waals surface area contributed by atoms with Crippen molar-refractivity contribution in [1.82, 2.24) is 15.2 Å². The Labute approximate surface area is 194 Å². The van der Waals surface area contributed by atoms with Gasteiger partial charge in [0.1, 0.15) is 5.84 Å². The number of aromatic nitrogens is 1. The molecule has 3 rings (SSSR count). The monoisotopic (exact) mass is 455 g/mol. The summed E-state index contributed by atoms with van der Waals surface area (Å²) in [5, 5.41) is 6.35. The Kier molecular flexibility index (Phi) is 8.25. The fourth-order valence-corrected chi connectivity index (χ4v) is 4.01. The molecule has 1 aromatic heterocycles. The molecule has 1 atom stereocenters. The molecule has 0 saturated carbocycles. The molecular weight excluding hydrogens is 426 g/mol. The number of amides is 1. The number of hydrogen-bond acceptors (Lipinski definition) is 5.